The van der Waals surface area contributed by atoms with Gasteiger partial charge in [-0.1, -0.05) is 0 Å². The summed E-state index contributed by atoms with van der Waals surface area (Å²) in [6.45, 7) is 0. The lowest BCUT2D eigenvalue weighted by Crippen LogP contribution is -1.91. The first kappa shape index (κ1) is 9.54. The Balaban J connectivity index is 1.78. The van der Waals surface area contributed by atoms with Crippen LogP contribution in [0.1, 0.15) is 11.1 Å². The van der Waals surface area contributed by atoms with Crippen LogP contribution >= 0.6 is 11.3 Å². The zero-order chi connectivity index (χ0) is 10.8. The quantitative estimate of drug-likeness (QED) is 0.750. The van der Waals surface area contributed by atoms with Gasteiger partial charge in [0.25, 0.3) is 0 Å². The summed E-state index contributed by atoms with van der Waals surface area (Å²) in [6.07, 6.45) is 5.69. The van der Waals surface area contributed by atoms with E-state index in [2.05, 4.69) is 37.8 Å². The maximum Gasteiger partial charge on any atom is 0.177 e. The first-order valence-corrected chi connectivity index (χ1v) is 6.15. The van der Waals surface area contributed by atoms with Gasteiger partial charge in [0.05, 0.1) is 11.8 Å². The Morgan fingerprint density at radius 3 is 3.00 bits per heavy atom. The summed E-state index contributed by atoms with van der Waals surface area (Å²) in [5.74, 6) is 0. The molecule has 0 spiro atoms. The molecule has 0 amide bonds. The van der Waals surface area contributed by atoms with E-state index in [1.54, 1.807) is 17.7 Å². The third kappa shape index (κ3) is 1.84. The minimum absolute atomic E-state index is 0.791. The fourth-order valence-corrected chi connectivity index (χ4v) is 2.44. The van der Waals surface area contributed by atoms with Crippen LogP contribution in [0.2, 0.25) is 0 Å². The third-order valence-electron chi connectivity index (χ3n) is 2.61. The van der Waals surface area contributed by atoms with Gasteiger partial charge in [0.15, 0.2) is 5.65 Å². The number of H-pyrrole nitrogens is 1. The van der Waals surface area contributed by atoms with Gasteiger partial charge in [-0.3, -0.25) is 0 Å². The lowest BCUT2D eigenvalue weighted by molar-refractivity contribution is 0.959. The Morgan fingerprint density at radius 1 is 1.19 bits per heavy atom. The van der Waals surface area contributed by atoms with Crippen LogP contribution in [0.3, 0.4) is 0 Å². The normalized spacial score (nSPS) is 11.0. The average Bonchev–Trinajstić information content (AvgIpc) is 2.97. The second-order valence-corrected chi connectivity index (χ2v) is 4.53. The summed E-state index contributed by atoms with van der Waals surface area (Å²) in [5, 5.41) is 4.31. The maximum absolute atomic E-state index is 4.30. The van der Waals surface area contributed by atoms with Crippen LogP contribution in [0.15, 0.2) is 35.4 Å². The highest BCUT2D eigenvalue weighted by Gasteiger charge is 2.00. The summed E-state index contributed by atoms with van der Waals surface area (Å²) in [4.78, 5) is 11.5. The van der Waals surface area contributed by atoms with Crippen molar-refractivity contribution in [1.29, 1.82) is 0 Å². The smallest absolute Gasteiger partial charge is 0.177 e. The number of nitrogens with one attached hydrogen (secondary N) is 1. The molecular formula is C12H11N3S. The highest BCUT2D eigenvalue weighted by molar-refractivity contribution is 7.07. The topological polar surface area (TPSA) is 41.6 Å². The molecule has 0 aliphatic heterocycles. The van der Waals surface area contributed by atoms with E-state index in [-0.39, 0.29) is 0 Å². The van der Waals surface area contributed by atoms with Crippen molar-refractivity contribution in [2.75, 3.05) is 0 Å². The molecule has 0 aromatic carbocycles. The molecular weight excluding hydrogens is 218 g/mol. The van der Waals surface area contributed by atoms with E-state index in [9.17, 15) is 0 Å². The predicted octanol–water partition coefficient (Wildman–Crippen LogP) is 2.80. The molecule has 0 atom stereocenters. The third-order valence-corrected chi connectivity index (χ3v) is 3.34. The van der Waals surface area contributed by atoms with Gasteiger partial charge >= 0.3 is 0 Å². The molecule has 1 N–H and O–H groups in total. The van der Waals surface area contributed by atoms with Crippen molar-refractivity contribution < 1.29 is 0 Å². The van der Waals surface area contributed by atoms with Crippen molar-refractivity contribution in [3.05, 3.63) is 46.5 Å². The van der Waals surface area contributed by atoms with Crippen molar-refractivity contribution in [2.45, 2.75) is 12.8 Å². The molecule has 3 aromatic rings. The van der Waals surface area contributed by atoms with E-state index >= 15 is 0 Å². The van der Waals surface area contributed by atoms with Crippen LogP contribution in [0, 0.1) is 0 Å². The number of imidazole rings is 1. The Kier molecular flexibility index (Phi) is 2.42. The zero-order valence-corrected chi connectivity index (χ0v) is 9.50. The summed E-state index contributed by atoms with van der Waals surface area (Å²) in [5.41, 5.74) is 4.46. The molecule has 0 radical (unpaired) electrons. The Bertz CT molecular complexity index is 583. The van der Waals surface area contributed by atoms with E-state index in [4.69, 9.17) is 0 Å². The maximum atomic E-state index is 4.30. The zero-order valence-electron chi connectivity index (χ0n) is 8.68. The van der Waals surface area contributed by atoms with Gasteiger partial charge < -0.3 is 4.98 Å². The summed E-state index contributed by atoms with van der Waals surface area (Å²) >= 11 is 1.75. The van der Waals surface area contributed by atoms with Crippen LogP contribution in [0.5, 0.6) is 0 Å². The molecule has 80 valence electrons. The number of nitrogens with zero attached hydrogens (tertiary/aromatic N) is 2. The lowest BCUT2D eigenvalue weighted by atomic mass is 10.1. The minimum Gasteiger partial charge on any atom is -0.343 e. The second-order valence-electron chi connectivity index (χ2n) is 3.75. The van der Waals surface area contributed by atoms with Crippen LogP contribution in [-0.2, 0) is 12.8 Å². The molecule has 0 fully saturated rings. The number of fused-ring (bicyclic) bond motifs is 1. The molecule has 0 saturated heterocycles. The number of aromatic nitrogens is 3. The molecule has 3 nitrogen and oxygen atoms in total. The van der Waals surface area contributed by atoms with E-state index in [1.165, 1.54) is 11.1 Å². The number of hydrogen-bond acceptors (Lipinski definition) is 3. The molecule has 16 heavy (non-hydrogen) atoms. The molecule has 3 heterocycles. The number of thiophene rings is 1. The van der Waals surface area contributed by atoms with Crippen molar-refractivity contribution >= 4 is 22.5 Å². The van der Waals surface area contributed by atoms with Gasteiger partial charge in [-0.15, -0.1) is 0 Å². The van der Waals surface area contributed by atoms with E-state index < -0.39 is 0 Å². The van der Waals surface area contributed by atoms with Gasteiger partial charge in [-0.2, -0.15) is 11.3 Å². The van der Waals surface area contributed by atoms with Gasteiger partial charge in [0.2, 0.25) is 0 Å². The Labute approximate surface area is 97.2 Å². The number of aromatic amines is 1. The van der Waals surface area contributed by atoms with E-state index in [0.717, 1.165) is 24.0 Å². The molecule has 3 rings (SSSR count). The molecule has 0 bridgehead atoms. The molecule has 0 unspecified atom stereocenters. The largest absolute Gasteiger partial charge is 0.343 e. The van der Waals surface area contributed by atoms with Gasteiger partial charge in [0, 0.05) is 6.20 Å². The van der Waals surface area contributed by atoms with Crippen molar-refractivity contribution in [3.8, 4) is 0 Å². The molecule has 0 saturated carbocycles. The van der Waals surface area contributed by atoms with Crippen LogP contribution in [0.4, 0.5) is 0 Å². The minimum atomic E-state index is 0.791. The summed E-state index contributed by atoms with van der Waals surface area (Å²) in [7, 11) is 0. The van der Waals surface area contributed by atoms with Crippen molar-refractivity contribution in [3.63, 3.8) is 0 Å². The first-order chi connectivity index (χ1) is 7.92. The summed E-state index contributed by atoms with van der Waals surface area (Å²) < 4.78 is 0. The first-order valence-electron chi connectivity index (χ1n) is 5.21. The SMILES string of the molecule is c1nc2ncc(CCc3ccsc3)cc2[nH]1. The fraction of sp³-hybridized carbons (Fsp3) is 0.167. The predicted molar refractivity (Wildman–Crippen MR) is 65.6 cm³/mol. The number of hydrogen-bond donors (Lipinski definition) is 1. The monoisotopic (exact) mass is 229 g/mol. The Hall–Kier alpha value is -1.68. The van der Waals surface area contributed by atoms with Crippen LogP contribution in [0.25, 0.3) is 11.2 Å². The standard InChI is InChI=1S/C12H11N3S/c1(9-3-4-16-7-9)2-10-5-11-12(13-6-10)15-8-14-11/h3-8H,1-2H2,(H,13,14,15). The molecule has 4 heteroatoms. The van der Waals surface area contributed by atoms with Crippen LogP contribution < -0.4 is 0 Å². The van der Waals surface area contributed by atoms with Crippen molar-refractivity contribution in [1.82, 2.24) is 15.0 Å². The molecule has 3 aromatic heterocycles. The van der Waals surface area contributed by atoms with Gasteiger partial charge in [-0.05, 0) is 46.9 Å². The molecule has 0 aliphatic rings. The van der Waals surface area contributed by atoms with E-state index in [0.29, 0.717) is 0 Å². The highest BCUT2D eigenvalue weighted by Crippen LogP contribution is 2.13. The van der Waals surface area contributed by atoms with E-state index in [1.807, 2.05) is 6.20 Å². The number of pyridine rings is 1. The fourth-order valence-electron chi connectivity index (χ4n) is 1.73. The van der Waals surface area contributed by atoms with Gasteiger partial charge in [0.1, 0.15) is 0 Å². The highest BCUT2D eigenvalue weighted by atomic mass is 32.1. The number of rotatable bonds is 3. The lowest BCUT2D eigenvalue weighted by Gasteiger charge is -1.99. The summed E-state index contributed by atoms with van der Waals surface area (Å²) in [6, 6.07) is 4.30. The molecule has 0 aliphatic carbocycles. The second kappa shape index (κ2) is 4.06. The van der Waals surface area contributed by atoms with Gasteiger partial charge in [-0.25, -0.2) is 9.97 Å². The Morgan fingerprint density at radius 2 is 2.12 bits per heavy atom. The van der Waals surface area contributed by atoms with Crippen molar-refractivity contribution in [2.24, 2.45) is 0 Å². The number of aryl methyl sites for hydroxylation is 2. The van der Waals surface area contributed by atoms with Crippen LogP contribution in [-0.4, -0.2) is 15.0 Å². The average molecular weight is 229 g/mol.